The highest BCUT2D eigenvalue weighted by Gasteiger charge is 2.24. The third kappa shape index (κ3) is 8.53. The standard InChI is InChI=1S/C30H35F2N3O4S/c1-4-13-35(3)40(38,39)27-11-9-24(10-12-27)30(37)34-28(17-23-15-25(31)18-26(32)16-23)29(36)20-33-19-22-8-6-7-21(5-2)14-22/h4,6-12,14-16,18,28-29,33,36H,1,5,13,17,19-20H2,2-3H3,(H,34,37)/t28-,29+/m0/s1. The molecule has 0 saturated carbocycles. The van der Waals surface area contributed by atoms with Crippen LogP contribution in [-0.2, 0) is 29.4 Å². The Morgan fingerprint density at radius 2 is 1.68 bits per heavy atom. The van der Waals surface area contributed by atoms with E-state index in [1.807, 2.05) is 18.2 Å². The molecule has 40 heavy (non-hydrogen) atoms. The lowest BCUT2D eigenvalue weighted by Crippen LogP contribution is -2.48. The summed E-state index contributed by atoms with van der Waals surface area (Å²) in [6, 6.07) is 15.6. The Morgan fingerprint density at radius 3 is 2.30 bits per heavy atom. The van der Waals surface area contributed by atoms with Crippen LogP contribution in [0.5, 0.6) is 0 Å². The SMILES string of the molecule is C=CCN(C)S(=O)(=O)c1ccc(C(=O)N[C@@H](Cc2cc(F)cc(F)c2)[C@H](O)CNCc2cccc(CC)c2)cc1. The molecular formula is C30H35F2N3O4S. The number of hydrogen-bond acceptors (Lipinski definition) is 5. The van der Waals surface area contributed by atoms with Crippen LogP contribution in [-0.4, -0.2) is 56.0 Å². The third-order valence-corrected chi connectivity index (χ3v) is 8.29. The van der Waals surface area contributed by atoms with Gasteiger partial charge in [0.1, 0.15) is 11.6 Å². The zero-order chi connectivity index (χ0) is 29.3. The molecule has 214 valence electrons. The van der Waals surface area contributed by atoms with Crippen LogP contribution in [0.4, 0.5) is 8.78 Å². The Bertz CT molecular complexity index is 1390. The number of aliphatic hydroxyl groups is 1. The topological polar surface area (TPSA) is 98.7 Å². The zero-order valence-electron chi connectivity index (χ0n) is 22.6. The number of aliphatic hydroxyl groups excluding tert-OH is 1. The lowest BCUT2D eigenvalue weighted by Gasteiger charge is -2.25. The maximum Gasteiger partial charge on any atom is 0.251 e. The molecule has 3 rings (SSSR count). The molecule has 1 amide bonds. The van der Waals surface area contributed by atoms with Crippen molar-refractivity contribution in [3.8, 4) is 0 Å². The molecule has 3 aromatic carbocycles. The smallest absolute Gasteiger partial charge is 0.251 e. The van der Waals surface area contributed by atoms with Crippen molar-refractivity contribution in [3.63, 3.8) is 0 Å². The molecule has 0 spiro atoms. The summed E-state index contributed by atoms with van der Waals surface area (Å²) in [4.78, 5) is 13.1. The van der Waals surface area contributed by atoms with Crippen LogP contribution in [0.25, 0.3) is 0 Å². The second-order valence-corrected chi connectivity index (χ2v) is 11.6. The molecule has 0 aliphatic heterocycles. The Balaban J connectivity index is 1.74. The van der Waals surface area contributed by atoms with Gasteiger partial charge in [-0.15, -0.1) is 6.58 Å². The summed E-state index contributed by atoms with van der Waals surface area (Å²) >= 11 is 0. The number of sulfonamides is 1. The summed E-state index contributed by atoms with van der Waals surface area (Å²) < 4.78 is 54.1. The normalized spacial score (nSPS) is 13.2. The Kier molecular flexibility index (Phi) is 11.1. The van der Waals surface area contributed by atoms with Gasteiger partial charge < -0.3 is 15.7 Å². The van der Waals surface area contributed by atoms with E-state index >= 15 is 0 Å². The molecule has 0 heterocycles. The first-order valence-electron chi connectivity index (χ1n) is 12.9. The van der Waals surface area contributed by atoms with Gasteiger partial charge in [-0.1, -0.05) is 37.3 Å². The van der Waals surface area contributed by atoms with Crippen LogP contribution >= 0.6 is 0 Å². The molecule has 0 aliphatic carbocycles. The maximum absolute atomic E-state index is 13.8. The number of benzene rings is 3. The molecule has 0 radical (unpaired) electrons. The second kappa shape index (κ2) is 14.3. The number of amides is 1. The van der Waals surface area contributed by atoms with E-state index in [0.29, 0.717) is 6.54 Å². The number of nitrogens with zero attached hydrogens (tertiary/aromatic N) is 1. The summed E-state index contributed by atoms with van der Waals surface area (Å²) in [5.74, 6) is -2.09. The van der Waals surface area contributed by atoms with Gasteiger partial charge in [-0.2, -0.15) is 4.31 Å². The van der Waals surface area contributed by atoms with Gasteiger partial charge in [-0.25, -0.2) is 17.2 Å². The Hall–Kier alpha value is -3.44. The summed E-state index contributed by atoms with van der Waals surface area (Å²) in [6.45, 7) is 6.32. The number of hydrogen-bond donors (Lipinski definition) is 3. The molecule has 10 heteroatoms. The molecule has 3 aromatic rings. The summed E-state index contributed by atoms with van der Waals surface area (Å²) in [6.07, 6.45) is 1.23. The van der Waals surface area contributed by atoms with Crippen molar-refractivity contribution < 1.29 is 27.1 Å². The molecule has 7 nitrogen and oxygen atoms in total. The van der Waals surface area contributed by atoms with E-state index in [1.54, 1.807) is 0 Å². The minimum absolute atomic E-state index is 0.0107. The van der Waals surface area contributed by atoms with Crippen LogP contribution in [0.2, 0.25) is 0 Å². The number of carbonyl (C=O) groups is 1. The van der Waals surface area contributed by atoms with Crippen molar-refractivity contribution in [3.05, 3.63) is 113 Å². The predicted octanol–water partition coefficient (Wildman–Crippen LogP) is 3.83. The molecule has 2 atom stereocenters. The van der Waals surface area contributed by atoms with Crippen LogP contribution < -0.4 is 10.6 Å². The van der Waals surface area contributed by atoms with Crippen LogP contribution in [0, 0.1) is 11.6 Å². The fraction of sp³-hybridized carbons (Fsp3) is 0.300. The second-order valence-electron chi connectivity index (χ2n) is 9.53. The number of likely N-dealkylation sites (N-methyl/N-ethyl adjacent to an activating group) is 1. The lowest BCUT2D eigenvalue weighted by atomic mass is 10.00. The predicted molar refractivity (Wildman–Crippen MR) is 151 cm³/mol. The largest absolute Gasteiger partial charge is 0.390 e. The molecular weight excluding hydrogens is 536 g/mol. The Morgan fingerprint density at radius 1 is 1.02 bits per heavy atom. The van der Waals surface area contributed by atoms with E-state index in [-0.39, 0.29) is 35.5 Å². The van der Waals surface area contributed by atoms with Gasteiger partial charge in [0.15, 0.2) is 0 Å². The van der Waals surface area contributed by atoms with E-state index in [1.165, 1.54) is 43.0 Å². The van der Waals surface area contributed by atoms with Crippen molar-refractivity contribution in [1.29, 1.82) is 0 Å². The number of nitrogens with one attached hydrogen (secondary N) is 2. The summed E-state index contributed by atoms with van der Waals surface area (Å²) in [5.41, 5.74) is 2.65. The maximum atomic E-state index is 13.8. The van der Waals surface area contributed by atoms with Crippen molar-refractivity contribution in [2.24, 2.45) is 0 Å². The first-order chi connectivity index (χ1) is 19.0. The van der Waals surface area contributed by atoms with Crippen LogP contribution in [0.1, 0.15) is 34.0 Å². The molecule has 0 aliphatic rings. The average Bonchev–Trinajstić information content (AvgIpc) is 2.92. The number of halogens is 2. The fourth-order valence-corrected chi connectivity index (χ4v) is 5.36. The highest BCUT2D eigenvalue weighted by atomic mass is 32.2. The van der Waals surface area contributed by atoms with Gasteiger partial charge in [0.05, 0.1) is 17.0 Å². The van der Waals surface area contributed by atoms with Crippen molar-refractivity contribution >= 4 is 15.9 Å². The molecule has 0 bridgehead atoms. The van der Waals surface area contributed by atoms with Gasteiger partial charge in [0.25, 0.3) is 5.91 Å². The number of carbonyl (C=O) groups excluding carboxylic acids is 1. The van der Waals surface area contributed by atoms with Gasteiger partial charge in [0, 0.05) is 38.3 Å². The van der Waals surface area contributed by atoms with Gasteiger partial charge >= 0.3 is 0 Å². The minimum atomic E-state index is -3.76. The molecule has 0 unspecified atom stereocenters. The molecule has 3 N–H and O–H groups in total. The number of rotatable bonds is 14. The first-order valence-corrected chi connectivity index (χ1v) is 14.4. The average molecular weight is 572 g/mol. The van der Waals surface area contributed by atoms with Gasteiger partial charge in [-0.05, 0) is 65.9 Å². The summed E-state index contributed by atoms with van der Waals surface area (Å²) in [7, 11) is -2.33. The van der Waals surface area contributed by atoms with Gasteiger partial charge in [0.2, 0.25) is 10.0 Å². The number of aryl methyl sites for hydroxylation is 1. The molecule has 0 saturated heterocycles. The monoisotopic (exact) mass is 571 g/mol. The summed E-state index contributed by atoms with van der Waals surface area (Å²) in [5, 5.41) is 16.9. The fourth-order valence-electron chi connectivity index (χ4n) is 4.22. The first kappa shape index (κ1) is 31.1. The zero-order valence-corrected chi connectivity index (χ0v) is 23.4. The minimum Gasteiger partial charge on any atom is -0.390 e. The van der Waals surface area contributed by atoms with Crippen molar-refractivity contribution in [1.82, 2.24) is 14.9 Å². The quantitative estimate of drug-likeness (QED) is 0.256. The van der Waals surface area contributed by atoms with Crippen LogP contribution in [0.15, 0.2) is 84.3 Å². The highest BCUT2D eigenvalue weighted by Crippen LogP contribution is 2.17. The lowest BCUT2D eigenvalue weighted by molar-refractivity contribution is 0.0829. The third-order valence-electron chi connectivity index (χ3n) is 6.45. The van der Waals surface area contributed by atoms with E-state index in [4.69, 9.17) is 0 Å². The Labute approximate surface area is 234 Å². The van der Waals surface area contributed by atoms with E-state index in [9.17, 15) is 27.1 Å². The molecule has 0 aromatic heterocycles. The van der Waals surface area contributed by atoms with Crippen molar-refractivity contribution in [2.45, 2.75) is 43.4 Å². The van der Waals surface area contributed by atoms with E-state index in [0.717, 1.165) is 34.5 Å². The van der Waals surface area contributed by atoms with E-state index < -0.39 is 39.7 Å². The highest BCUT2D eigenvalue weighted by molar-refractivity contribution is 7.89. The van der Waals surface area contributed by atoms with Crippen molar-refractivity contribution in [2.75, 3.05) is 20.1 Å². The van der Waals surface area contributed by atoms with E-state index in [2.05, 4.69) is 30.2 Å². The van der Waals surface area contributed by atoms with Gasteiger partial charge in [-0.3, -0.25) is 4.79 Å². The van der Waals surface area contributed by atoms with Crippen LogP contribution in [0.3, 0.4) is 0 Å². The molecule has 0 fully saturated rings.